The number of thioether (sulfide) groups is 1. The molecule has 0 saturated carbocycles. The fourth-order valence-electron chi connectivity index (χ4n) is 2.10. The van der Waals surface area contributed by atoms with E-state index in [2.05, 4.69) is 45.0 Å². The molecule has 0 radical (unpaired) electrons. The van der Waals surface area contributed by atoms with Crippen molar-refractivity contribution >= 4 is 21.8 Å². The Morgan fingerprint density at radius 2 is 1.58 bits per heavy atom. The van der Waals surface area contributed by atoms with Crippen molar-refractivity contribution in [3.05, 3.63) is 54.1 Å². The SMILES string of the molecule is CC(C)(C)c1ccc(SCCOc2ccc(S(N)(=O)=O)cc2)cc1. The summed E-state index contributed by atoms with van der Waals surface area (Å²) in [4.78, 5) is 1.29. The first-order valence-electron chi connectivity index (χ1n) is 7.65. The molecule has 0 aromatic heterocycles. The summed E-state index contributed by atoms with van der Waals surface area (Å²) in [5.41, 5.74) is 1.48. The van der Waals surface area contributed by atoms with Crippen LogP contribution < -0.4 is 9.88 Å². The Labute approximate surface area is 148 Å². The van der Waals surface area contributed by atoms with Crippen molar-refractivity contribution in [2.24, 2.45) is 5.14 Å². The van der Waals surface area contributed by atoms with Crippen LogP contribution in [0.25, 0.3) is 0 Å². The molecule has 130 valence electrons. The van der Waals surface area contributed by atoms with Gasteiger partial charge in [-0.1, -0.05) is 32.9 Å². The van der Waals surface area contributed by atoms with Gasteiger partial charge >= 0.3 is 0 Å². The molecule has 0 amide bonds. The van der Waals surface area contributed by atoms with Gasteiger partial charge in [-0.2, -0.15) is 0 Å². The van der Waals surface area contributed by atoms with Crippen molar-refractivity contribution in [2.45, 2.75) is 36.0 Å². The lowest BCUT2D eigenvalue weighted by molar-refractivity contribution is 0.343. The van der Waals surface area contributed by atoms with Crippen molar-refractivity contribution in [3.63, 3.8) is 0 Å². The number of benzene rings is 2. The molecule has 0 heterocycles. The second-order valence-corrected chi connectivity index (χ2v) is 9.22. The van der Waals surface area contributed by atoms with Crippen molar-refractivity contribution in [3.8, 4) is 5.75 Å². The molecule has 6 heteroatoms. The maximum Gasteiger partial charge on any atom is 0.238 e. The summed E-state index contributed by atoms with van der Waals surface area (Å²) < 4.78 is 28.0. The minimum Gasteiger partial charge on any atom is -0.493 e. The number of sulfonamides is 1. The third kappa shape index (κ3) is 5.54. The highest BCUT2D eigenvalue weighted by atomic mass is 32.2. The van der Waals surface area contributed by atoms with E-state index >= 15 is 0 Å². The van der Waals surface area contributed by atoms with E-state index in [1.807, 2.05) is 0 Å². The lowest BCUT2D eigenvalue weighted by Gasteiger charge is -2.19. The molecule has 0 aliphatic heterocycles. The molecule has 2 rings (SSSR count). The highest BCUT2D eigenvalue weighted by Gasteiger charge is 2.12. The average Bonchev–Trinajstić information content (AvgIpc) is 2.51. The van der Waals surface area contributed by atoms with E-state index in [1.165, 1.54) is 22.6 Å². The molecule has 0 spiro atoms. The largest absolute Gasteiger partial charge is 0.493 e. The Hall–Kier alpha value is -1.50. The third-order valence-electron chi connectivity index (χ3n) is 3.49. The monoisotopic (exact) mass is 365 g/mol. The summed E-state index contributed by atoms with van der Waals surface area (Å²) in [6.07, 6.45) is 0. The van der Waals surface area contributed by atoms with E-state index in [9.17, 15) is 8.42 Å². The molecular formula is C18H23NO3S2. The molecular weight excluding hydrogens is 342 g/mol. The second kappa shape index (κ2) is 7.59. The van der Waals surface area contributed by atoms with Crippen LogP contribution in [0.15, 0.2) is 58.3 Å². The first-order valence-corrected chi connectivity index (χ1v) is 10.2. The van der Waals surface area contributed by atoms with Gasteiger partial charge in [-0.15, -0.1) is 11.8 Å². The molecule has 2 N–H and O–H groups in total. The first-order chi connectivity index (χ1) is 11.2. The Balaban J connectivity index is 1.81. The summed E-state index contributed by atoms with van der Waals surface area (Å²) in [5.74, 6) is 1.44. The predicted octanol–water partition coefficient (Wildman–Crippen LogP) is 3.80. The standard InChI is InChI=1S/C18H23NO3S2/c1-18(2,3)14-4-8-16(9-5-14)23-13-12-22-15-6-10-17(11-7-15)24(19,20)21/h4-11H,12-13H2,1-3H3,(H2,19,20,21). The molecule has 0 bridgehead atoms. The van der Waals surface area contributed by atoms with Crippen LogP contribution in [0.5, 0.6) is 5.75 Å². The third-order valence-corrected chi connectivity index (χ3v) is 5.40. The number of primary sulfonamides is 1. The zero-order valence-corrected chi connectivity index (χ0v) is 15.8. The minimum absolute atomic E-state index is 0.0863. The number of hydrogen-bond acceptors (Lipinski definition) is 4. The van der Waals surface area contributed by atoms with E-state index in [4.69, 9.17) is 9.88 Å². The van der Waals surface area contributed by atoms with E-state index in [-0.39, 0.29) is 10.3 Å². The van der Waals surface area contributed by atoms with Gasteiger partial charge in [0.2, 0.25) is 10.0 Å². The van der Waals surface area contributed by atoms with Crippen LogP contribution in [0.1, 0.15) is 26.3 Å². The smallest absolute Gasteiger partial charge is 0.238 e. The van der Waals surface area contributed by atoms with E-state index in [0.717, 1.165) is 5.75 Å². The van der Waals surface area contributed by atoms with Crippen molar-refractivity contribution < 1.29 is 13.2 Å². The quantitative estimate of drug-likeness (QED) is 0.624. The highest BCUT2D eigenvalue weighted by Crippen LogP contribution is 2.25. The molecule has 0 fully saturated rings. The molecule has 24 heavy (non-hydrogen) atoms. The van der Waals surface area contributed by atoms with Crippen LogP contribution in [0.3, 0.4) is 0 Å². The number of nitrogens with two attached hydrogens (primary N) is 1. The molecule has 0 aliphatic rings. The summed E-state index contributed by atoms with van der Waals surface area (Å²) in [6.45, 7) is 7.14. The highest BCUT2D eigenvalue weighted by molar-refractivity contribution is 7.99. The number of ether oxygens (including phenoxy) is 1. The first kappa shape index (κ1) is 18.8. The van der Waals surface area contributed by atoms with E-state index in [1.54, 1.807) is 23.9 Å². The van der Waals surface area contributed by atoms with Gasteiger partial charge in [0.25, 0.3) is 0 Å². The predicted molar refractivity (Wildman–Crippen MR) is 99.2 cm³/mol. The molecule has 2 aromatic carbocycles. The summed E-state index contributed by atoms with van der Waals surface area (Å²) >= 11 is 1.73. The van der Waals surface area contributed by atoms with Crippen molar-refractivity contribution in [1.29, 1.82) is 0 Å². The second-order valence-electron chi connectivity index (χ2n) is 6.49. The maximum absolute atomic E-state index is 11.2. The fourth-order valence-corrected chi connectivity index (χ4v) is 3.34. The Morgan fingerprint density at radius 3 is 2.08 bits per heavy atom. The Morgan fingerprint density at radius 1 is 1.00 bits per heavy atom. The number of hydrogen-bond donors (Lipinski definition) is 1. The summed E-state index contributed by atoms with van der Waals surface area (Å²) in [5, 5.41) is 5.06. The van der Waals surface area contributed by atoms with Crippen LogP contribution in [0.4, 0.5) is 0 Å². The van der Waals surface area contributed by atoms with Crippen LogP contribution in [0, 0.1) is 0 Å². The summed E-state index contributed by atoms with van der Waals surface area (Å²) in [6, 6.07) is 14.7. The summed E-state index contributed by atoms with van der Waals surface area (Å²) in [7, 11) is -3.65. The molecule has 0 saturated heterocycles. The molecule has 0 atom stereocenters. The van der Waals surface area contributed by atoms with Crippen LogP contribution in [-0.4, -0.2) is 20.8 Å². The zero-order valence-electron chi connectivity index (χ0n) is 14.2. The van der Waals surface area contributed by atoms with Crippen LogP contribution in [-0.2, 0) is 15.4 Å². The average molecular weight is 366 g/mol. The Kier molecular flexibility index (Phi) is 5.96. The van der Waals surface area contributed by atoms with Gasteiger partial charge < -0.3 is 4.74 Å². The fraction of sp³-hybridized carbons (Fsp3) is 0.333. The molecule has 4 nitrogen and oxygen atoms in total. The normalized spacial score (nSPS) is 12.2. The molecule has 2 aromatic rings. The van der Waals surface area contributed by atoms with E-state index in [0.29, 0.717) is 12.4 Å². The van der Waals surface area contributed by atoms with Gasteiger partial charge in [0.15, 0.2) is 0 Å². The Bertz CT molecular complexity index is 761. The van der Waals surface area contributed by atoms with E-state index < -0.39 is 10.0 Å². The lowest BCUT2D eigenvalue weighted by Crippen LogP contribution is -2.11. The zero-order chi connectivity index (χ0) is 17.8. The molecule has 0 unspecified atom stereocenters. The lowest BCUT2D eigenvalue weighted by atomic mass is 9.87. The van der Waals surface area contributed by atoms with Crippen LogP contribution >= 0.6 is 11.8 Å². The topological polar surface area (TPSA) is 69.4 Å². The van der Waals surface area contributed by atoms with Gasteiger partial charge in [0.05, 0.1) is 11.5 Å². The van der Waals surface area contributed by atoms with Gasteiger partial charge in [-0.3, -0.25) is 0 Å². The van der Waals surface area contributed by atoms with Crippen LogP contribution in [0.2, 0.25) is 0 Å². The minimum atomic E-state index is -3.65. The van der Waals surface area contributed by atoms with Gasteiger partial charge in [-0.25, -0.2) is 13.6 Å². The van der Waals surface area contributed by atoms with Gasteiger partial charge in [0.1, 0.15) is 5.75 Å². The van der Waals surface area contributed by atoms with Crippen molar-refractivity contribution in [2.75, 3.05) is 12.4 Å². The van der Waals surface area contributed by atoms with Crippen molar-refractivity contribution in [1.82, 2.24) is 0 Å². The maximum atomic E-state index is 11.2. The van der Waals surface area contributed by atoms with Gasteiger partial charge in [-0.05, 0) is 47.4 Å². The number of rotatable bonds is 6. The molecule has 0 aliphatic carbocycles. The van der Waals surface area contributed by atoms with Gasteiger partial charge in [0, 0.05) is 10.6 Å².